The molecule has 0 saturated heterocycles. The predicted octanol–water partition coefficient (Wildman–Crippen LogP) is 4.14. The summed E-state index contributed by atoms with van der Waals surface area (Å²) in [6.45, 7) is 6.72. The standard InChI is InChI=1S/C22H25ClN4O3S/c1-14-10-15(2)12-20(11-14)27(13-21(28)24-19-8-6-18(23)7-9-19)31(29,30)22-16(3)25-26(5)17(22)4/h6-12H,13H2,1-5H3,(H,24,28). The number of benzene rings is 2. The Morgan fingerprint density at radius 1 is 1.06 bits per heavy atom. The summed E-state index contributed by atoms with van der Waals surface area (Å²) in [5.41, 5.74) is 3.63. The minimum atomic E-state index is -4.05. The number of sulfonamides is 1. The molecule has 9 heteroatoms. The molecule has 0 aliphatic rings. The Morgan fingerprint density at radius 2 is 1.65 bits per heavy atom. The lowest BCUT2D eigenvalue weighted by atomic mass is 10.1. The maximum Gasteiger partial charge on any atom is 0.268 e. The number of nitrogens with one attached hydrogen (secondary N) is 1. The summed E-state index contributed by atoms with van der Waals surface area (Å²) < 4.78 is 30.1. The molecule has 31 heavy (non-hydrogen) atoms. The fraction of sp³-hybridized carbons (Fsp3) is 0.273. The topological polar surface area (TPSA) is 84.3 Å². The Hall–Kier alpha value is -2.84. The lowest BCUT2D eigenvalue weighted by Gasteiger charge is -2.25. The van der Waals surface area contributed by atoms with Gasteiger partial charge in [-0.1, -0.05) is 17.7 Å². The van der Waals surface area contributed by atoms with E-state index in [9.17, 15) is 13.2 Å². The molecule has 0 atom stereocenters. The quantitative estimate of drug-likeness (QED) is 0.599. The highest BCUT2D eigenvalue weighted by Gasteiger charge is 2.32. The molecule has 0 spiro atoms. The summed E-state index contributed by atoms with van der Waals surface area (Å²) in [5, 5.41) is 7.51. The first-order valence-corrected chi connectivity index (χ1v) is 11.5. The van der Waals surface area contributed by atoms with Gasteiger partial charge in [0, 0.05) is 17.8 Å². The summed E-state index contributed by atoms with van der Waals surface area (Å²) in [6.07, 6.45) is 0. The summed E-state index contributed by atoms with van der Waals surface area (Å²) in [4.78, 5) is 12.9. The molecule has 164 valence electrons. The van der Waals surface area contributed by atoms with E-state index in [4.69, 9.17) is 11.6 Å². The zero-order chi connectivity index (χ0) is 22.9. The second kappa shape index (κ2) is 8.72. The molecule has 0 fully saturated rings. The van der Waals surface area contributed by atoms with Crippen molar-refractivity contribution in [2.45, 2.75) is 32.6 Å². The normalized spacial score (nSPS) is 11.4. The first-order chi connectivity index (χ1) is 14.5. The van der Waals surface area contributed by atoms with Crippen molar-refractivity contribution in [3.8, 4) is 0 Å². The van der Waals surface area contributed by atoms with E-state index in [0.717, 1.165) is 15.4 Å². The highest BCUT2D eigenvalue weighted by molar-refractivity contribution is 7.93. The molecule has 3 rings (SSSR count). The molecule has 1 aromatic heterocycles. The van der Waals surface area contributed by atoms with Gasteiger partial charge in [0.05, 0.1) is 17.1 Å². The van der Waals surface area contributed by atoms with Gasteiger partial charge in [0.15, 0.2) is 0 Å². The average Bonchev–Trinajstić information content (AvgIpc) is 2.93. The molecule has 0 aliphatic heterocycles. The third-order valence-corrected chi connectivity index (χ3v) is 7.18. The van der Waals surface area contributed by atoms with Gasteiger partial charge in [-0.15, -0.1) is 0 Å². The Morgan fingerprint density at radius 3 is 2.16 bits per heavy atom. The van der Waals surface area contributed by atoms with Crippen LogP contribution >= 0.6 is 11.6 Å². The van der Waals surface area contributed by atoms with Crippen molar-refractivity contribution in [3.05, 3.63) is 70.0 Å². The van der Waals surface area contributed by atoms with Gasteiger partial charge < -0.3 is 5.32 Å². The number of amides is 1. The van der Waals surface area contributed by atoms with Crippen LogP contribution in [-0.4, -0.2) is 30.7 Å². The Kier molecular flexibility index (Phi) is 6.43. The van der Waals surface area contributed by atoms with Gasteiger partial charge >= 0.3 is 0 Å². The highest BCUT2D eigenvalue weighted by atomic mass is 35.5. The van der Waals surface area contributed by atoms with Crippen molar-refractivity contribution in [2.75, 3.05) is 16.2 Å². The minimum Gasteiger partial charge on any atom is -0.325 e. The van der Waals surface area contributed by atoms with Crippen molar-refractivity contribution in [2.24, 2.45) is 7.05 Å². The number of carbonyl (C=O) groups is 1. The lowest BCUT2D eigenvalue weighted by molar-refractivity contribution is -0.114. The Balaban J connectivity index is 2.04. The first kappa shape index (κ1) is 22.8. The Labute approximate surface area is 187 Å². The third kappa shape index (κ3) is 4.91. The van der Waals surface area contributed by atoms with E-state index >= 15 is 0 Å². The Bertz CT molecular complexity index is 1210. The summed E-state index contributed by atoms with van der Waals surface area (Å²) in [5.74, 6) is -0.468. The van der Waals surface area contributed by atoms with Gasteiger partial charge in [-0.25, -0.2) is 8.42 Å². The van der Waals surface area contributed by atoms with Gasteiger partial charge in [-0.3, -0.25) is 13.8 Å². The van der Waals surface area contributed by atoms with Crippen molar-refractivity contribution in [1.29, 1.82) is 0 Å². The molecule has 0 radical (unpaired) electrons. The monoisotopic (exact) mass is 460 g/mol. The fourth-order valence-electron chi connectivity index (χ4n) is 3.51. The molecule has 0 unspecified atom stereocenters. The predicted molar refractivity (Wildman–Crippen MR) is 123 cm³/mol. The van der Waals surface area contributed by atoms with Crippen LogP contribution in [0.5, 0.6) is 0 Å². The minimum absolute atomic E-state index is 0.105. The number of rotatable bonds is 6. The third-order valence-electron chi connectivity index (χ3n) is 4.90. The van der Waals surface area contributed by atoms with E-state index in [0.29, 0.717) is 27.8 Å². The molecule has 1 amide bonds. The van der Waals surface area contributed by atoms with Gasteiger partial charge in [-0.2, -0.15) is 5.10 Å². The van der Waals surface area contributed by atoms with Crippen LogP contribution < -0.4 is 9.62 Å². The zero-order valence-corrected chi connectivity index (χ0v) is 19.7. The molecule has 0 bridgehead atoms. The van der Waals surface area contributed by atoms with E-state index in [2.05, 4.69) is 10.4 Å². The van der Waals surface area contributed by atoms with Gasteiger partial charge in [0.2, 0.25) is 5.91 Å². The molecule has 2 aromatic carbocycles. The number of halogens is 1. The second-order valence-corrected chi connectivity index (χ2v) is 9.77. The molecule has 7 nitrogen and oxygen atoms in total. The number of aryl methyl sites for hydroxylation is 4. The maximum absolute atomic E-state index is 13.7. The van der Waals surface area contributed by atoms with Crippen LogP contribution in [0.4, 0.5) is 11.4 Å². The summed E-state index contributed by atoms with van der Waals surface area (Å²) in [6, 6.07) is 12.1. The second-order valence-electron chi connectivity index (χ2n) is 7.54. The number of hydrogen-bond acceptors (Lipinski definition) is 4. The van der Waals surface area contributed by atoms with Crippen LogP contribution in [0.3, 0.4) is 0 Å². The van der Waals surface area contributed by atoms with Gasteiger partial charge in [-0.05, 0) is 75.2 Å². The van der Waals surface area contributed by atoms with Crippen LogP contribution in [0.1, 0.15) is 22.5 Å². The smallest absolute Gasteiger partial charge is 0.268 e. The number of aromatic nitrogens is 2. The van der Waals surface area contributed by atoms with E-state index in [1.54, 1.807) is 57.3 Å². The van der Waals surface area contributed by atoms with Gasteiger partial charge in [0.1, 0.15) is 11.4 Å². The average molecular weight is 461 g/mol. The van der Waals surface area contributed by atoms with Gasteiger partial charge in [0.25, 0.3) is 10.0 Å². The molecule has 3 aromatic rings. The number of carbonyl (C=O) groups excluding carboxylic acids is 1. The molecule has 1 N–H and O–H groups in total. The maximum atomic E-state index is 13.7. The number of hydrogen-bond donors (Lipinski definition) is 1. The van der Waals surface area contributed by atoms with E-state index in [-0.39, 0.29) is 11.4 Å². The van der Waals surface area contributed by atoms with Crippen LogP contribution in [0.15, 0.2) is 47.4 Å². The SMILES string of the molecule is Cc1cc(C)cc(N(CC(=O)Nc2ccc(Cl)cc2)S(=O)(=O)c2c(C)nn(C)c2C)c1. The van der Waals surface area contributed by atoms with Crippen molar-refractivity contribution in [1.82, 2.24) is 9.78 Å². The van der Waals surface area contributed by atoms with E-state index in [1.807, 2.05) is 19.9 Å². The summed E-state index contributed by atoms with van der Waals surface area (Å²) >= 11 is 5.89. The first-order valence-electron chi connectivity index (χ1n) is 9.65. The zero-order valence-electron chi connectivity index (χ0n) is 18.1. The van der Waals surface area contributed by atoms with Crippen LogP contribution in [0, 0.1) is 27.7 Å². The van der Waals surface area contributed by atoms with Crippen molar-refractivity contribution >= 4 is 38.9 Å². The van der Waals surface area contributed by atoms with Crippen molar-refractivity contribution in [3.63, 3.8) is 0 Å². The van der Waals surface area contributed by atoms with E-state index in [1.165, 1.54) is 4.68 Å². The lowest BCUT2D eigenvalue weighted by Crippen LogP contribution is -2.38. The van der Waals surface area contributed by atoms with Crippen molar-refractivity contribution < 1.29 is 13.2 Å². The molecular weight excluding hydrogens is 436 g/mol. The number of anilines is 2. The van der Waals surface area contributed by atoms with Crippen LogP contribution in [-0.2, 0) is 21.9 Å². The fourth-order valence-corrected chi connectivity index (χ4v) is 5.45. The summed E-state index contributed by atoms with van der Waals surface area (Å²) in [7, 11) is -2.36. The van der Waals surface area contributed by atoms with Crippen LogP contribution in [0.25, 0.3) is 0 Å². The largest absolute Gasteiger partial charge is 0.325 e. The molecule has 0 aliphatic carbocycles. The molecule has 1 heterocycles. The van der Waals surface area contributed by atoms with E-state index < -0.39 is 15.9 Å². The number of nitrogens with zero attached hydrogens (tertiary/aromatic N) is 3. The molecule has 0 saturated carbocycles. The van der Waals surface area contributed by atoms with Crippen LogP contribution in [0.2, 0.25) is 5.02 Å². The molecular formula is C22H25ClN4O3S. The highest BCUT2D eigenvalue weighted by Crippen LogP contribution is 2.29.